The highest BCUT2D eigenvalue weighted by molar-refractivity contribution is 4.83. The summed E-state index contributed by atoms with van der Waals surface area (Å²) in [4.78, 5) is 2.26. The van der Waals surface area contributed by atoms with Gasteiger partial charge in [-0.3, -0.25) is 0 Å². The third-order valence-electron chi connectivity index (χ3n) is 8.66. The molecule has 1 heterocycles. The fraction of sp³-hybridized carbons (Fsp3) is 0.944. The summed E-state index contributed by atoms with van der Waals surface area (Å²) in [6.45, 7) is 8.88. The van der Waals surface area contributed by atoms with Gasteiger partial charge in [0.15, 0.2) is 5.79 Å². The molecule has 1 rings (SSSR count). The van der Waals surface area contributed by atoms with Crippen LogP contribution in [0, 0.1) is 5.92 Å². The van der Waals surface area contributed by atoms with Crippen LogP contribution in [0.1, 0.15) is 175 Å². The molecular formula is C36H71NO2. The highest BCUT2D eigenvalue weighted by Gasteiger charge is 2.40. The maximum Gasteiger partial charge on any atom is 0.168 e. The Labute approximate surface area is 246 Å². The van der Waals surface area contributed by atoms with E-state index in [1.807, 2.05) is 0 Å². The SMILES string of the molecule is CCCCCCCCCCC1(CCCCCCCC/C=C\CC(C)CCCCCC)OCC(CCN(C)C)O1. The summed E-state index contributed by atoms with van der Waals surface area (Å²) in [5.41, 5.74) is 0. The Hall–Kier alpha value is -0.380. The van der Waals surface area contributed by atoms with Crippen LogP contribution in [-0.2, 0) is 9.47 Å². The molecule has 3 heteroatoms. The summed E-state index contributed by atoms with van der Waals surface area (Å²) >= 11 is 0. The summed E-state index contributed by atoms with van der Waals surface area (Å²) in [6, 6.07) is 0. The molecule has 0 aromatic carbocycles. The molecule has 1 aliphatic heterocycles. The van der Waals surface area contributed by atoms with Gasteiger partial charge in [-0.15, -0.1) is 0 Å². The van der Waals surface area contributed by atoms with Crippen LogP contribution in [0.3, 0.4) is 0 Å². The van der Waals surface area contributed by atoms with Gasteiger partial charge in [0.1, 0.15) is 0 Å². The summed E-state index contributed by atoms with van der Waals surface area (Å²) < 4.78 is 13.1. The van der Waals surface area contributed by atoms with Crippen molar-refractivity contribution in [2.45, 2.75) is 187 Å². The van der Waals surface area contributed by atoms with Crippen LogP contribution < -0.4 is 0 Å². The van der Waals surface area contributed by atoms with E-state index >= 15 is 0 Å². The molecule has 1 aliphatic rings. The minimum Gasteiger partial charge on any atom is -0.347 e. The zero-order valence-corrected chi connectivity index (χ0v) is 27.5. The van der Waals surface area contributed by atoms with Crippen molar-refractivity contribution in [3.05, 3.63) is 12.2 Å². The van der Waals surface area contributed by atoms with Crippen molar-refractivity contribution in [2.75, 3.05) is 27.2 Å². The monoisotopic (exact) mass is 550 g/mol. The first-order valence-corrected chi connectivity index (χ1v) is 17.6. The molecule has 1 saturated heterocycles. The van der Waals surface area contributed by atoms with E-state index in [1.54, 1.807) is 0 Å². The van der Waals surface area contributed by atoms with Crippen LogP contribution in [-0.4, -0.2) is 44.0 Å². The maximum absolute atomic E-state index is 6.63. The molecule has 0 amide bonds. The second kappa shape index (κ2) is 25.3. The third-order valence-corrected chi connectivity index (χ3v) is 8.66. The number of ether oxygens (including phenoxy) is 2. The summed E-state index contributed by atoms with van der Waals surface area (Å²) in [7, 11) is 4.30. The van der Waals surface area contributed by atoms with Crippen molar-refractivity contribution in [3.63, 3.8) is 0 Å². The van der Waals surface area contributed by atoms with E-state index < -0.39 is 0 Å². The number of hydrogen-bond donors (Lipinski definition) is 0. The fourth-order valence-corrected chi connectivity index (χ4v) is 5.92. The summed E-state index contributed by atoms with van der Waals surface area (Å²) in [5, 5.41) is 0. The highest BCUT2D eigenvalue weighted by atomic mass is 16.7. The zero-order chi connectivity index (χ0) is 28.4. The van der Waals surface area contributed by atoms with E-state index in [0.717, 1.165) is 38.3 Å². The van der Waals surface area contributed by atoms with Gasteiger partial charge in [-0.1, -0.05) is 136 Å². The molecule has 3 atom stereocenters. The molecule has 232 valence electrons. The van der Waals surface area contributed by atoms with Gasteiger partial charge in [0.05, 0.1) is 12.7 Å². The molecular weight excluding hydrogens is 478 g/mol. The zero-order valence-electron chi connectivity index (χ0n) is 27.5. The molecule has 0 aliphatic carbocycles. The van der Waals surface area contributed by atoms with Gasteiger partial charge in [-0.2, -0.15) is 0 Å². The Bertz CT molecular complexity index is 548. The predicted octanol–water partition coefficient (Wildman–Crippen LogP) is 11.3. The van der Waals surface area contributed by atoms with E-state index in [2.05, 4.69) is 51.9 Å². The van der Waals surface area contributed by atoms with Crippen LogP contribution in [0.2, 0.25) is 0 Å². The number of nitrogens with zero attached hydrogens (tertiary/aromatic N) is 1. The fourth-order valence-electron chi connectivity index (χ4n) is 5.92. The van der Waals surface area contributed by atoms with Gasteiger partial charge in [0.25, 0.3) is 0 Å². The lowest BCUT2D eigenvalue weighted by Crippen LogP contribution is -2.31. The molecule has 0 radical (unpaired) electrons. The second-order valence-electron chi connectivity index (χ2n) is 13.1. The average Bonchev–Trinajstić information content (AvgIpc) is 3.33. The molecule has 0 N–H and O–H groups in total. The number of hydrogen-bond acceptors (Lipinski definition) is 3. The number of unbranched alkanes of at least 4 members (excludes halogenated alkanes) is 16. The van der Waals surface area contributed by atoms with Gasteiger partial charge in [-0.05, 0) is 58.5 Å². The lowest BCUT2D eigenvalue weighted by molar-refractivity contribution is -0.180. The van der Waals surface area contributed by atoms with Crippen molar-refractivity contribution >= 4 is 0 Å². The van der Waals surface area contributed by atoms with Gasteiger partial charge in [-0.25, -0.2) is 0 Å². The molecule has 1 fully saturated rings. The van der Waals surface area contributed by atoms with E-state index in [4.69, 9.17) is 9.47 Å². The van der Waals surface area contributed by atoms with Crippen molar-refractivity contribution in [3.8, 4) is 0 Å². The van der Waals surface area contributed by atoms with Gasteiger partial charge >= 0.3 is 0 Å². The molecule has 0 aromatic rings. The predicted molar refractivity (Wildman–Crippen MR) is 173 cm³/mol. The van der Waals surface area contributed by atoms with E-state index in [-0.39, 0.29) is 11.9 Å². The van der Waals surface area contributed by atoms with Crippen LogP contribution >= 0.6 is 0 Å². The maximum atomic E-state index is 6.63. The Morgan fingerprint density at radius 3 is 1.85 bits per heavy atom. The largest absolute Gasteiger partial charge is 0.347 e. The second-order valence-corrected chi connectivity index (χ2v) is 13.1. The Morgan fingerprint density at radius 1 is 0.718 bits per heavy atom. The number of allylic oxidation sites excluding steroid dienone is 2. The van der Waals surface area contributed by atoms with Crippen LogP contribution in [0.4, 0.5) is 0 Å². The number of rotatable bonds is 28. The molecule has 0 spiro atoms. The first-order chi connectivity index (χ1) is 19.0. The van der Waals surface area contributed by atoms with Crippen LogP contribution in [0.25, 0.3) is 0 Å². The summed E-state index contributed by atoms with van der Waals surface area (Å²) in [5.74, 6) is 0.560. The van der Waals surface area contributed by atoms with Crippen molar-refractivity contribution in [1.82, 2.24) is 4.90 Å². The normalized spacial score (nSPS) is 20.5. The summed E-state index contributed by atoms with van der Waals surface area (Å²) in [6.07, 6.45) is 36.9. The van der Waals surface area contributed by atoms with Crippen LogP contribution in [0.15, 0.2) is 12.2 Å². The standard InChI is InChI=1S/C36H71NO2/c1-6-8-10-12-13-18-21-25-30-36(38-33-35(39-36)29-32-37(4)5)31-26-22-19-16-14-15-17-20-24-28-34(3)27-23-11-9-7-2/h20,24,34-35H,6-19,21-23,25-33H2,1-5H3/b24-20-. The Balaban J connectivity index is 2.17. The molecule has 0 saturated carbocycles. The first kappa shape index (κ1) is 36.6. The lowest BCUT2D eigenvalue weighted by atomic mass is 9.98. The van der Waals surface area contributed by atoms with E-state index in [1.165, 1.54) is 135 Å². The molecule has 3 nitrogen and oxygen atoms in total. The first-order valence-electron chi connectivity index (χ1n) is 17.6. The van der Waals surface area contributed by atoms with Gasteiger partial charge in [0, 0.05) is 19.4 Å². The van der Waals surface area contributed by atoms with Crippen molar-refractivity contribution in [2.24, 2.45) is 5.92 Å². The highest BCUT2D eigenvalue weighted by Crippen LogP contribution is 2.35. The molecule has 0 aromatic heterocycles. The van der Waals surface area contributed by atoms with Gasteiger partial charge < -0.3 is 14.4 Å². The van der Waals surface area contributed by atoms with Crippen molar-refractivity contribution in [1.29, 1.82) is 0 Å². The Kier molecular flexibility index (Phi) is 23.8. The molecule has 0 bridgehead atoms. The smallest absolute Gasteiger partial charge is 0.168 e. The third kappa shape index (κ3) is 21.0. The van der Waals surface area contributed by atoms with Gasteiger partial charge in [0.2, 0.25) is 0 Å². The van der Waals surface area contributed by atoms with Crippen LogP contribution in [0.5, 0.6) is 0 Å². The van der Waals surface area contributed by atoms with Crippen molar-refractivity contribution < 1.29 is 9.47 Å². The molecule has 3 unspecified atom stereocenters. The Morgan fingerprint density at radius 2 is 1.26 bits per heavy atom. The average molecular weight is 550 g/mol. The minimum atomic E-state index is -0.295. The quantitative estimate of drug-likeness (QED) is 0.0715. The minimum absolute atomic E-state index is 0.276. The molecule has 39 heavy (non-hydrogen) atoms. The topological polar surface area (TPSA) is 21.7 Å². The van der Waals surface area contributed by atoms with E-state index in [9.17, 15) is 0 Å². The lowest BCUT2D eigenvalue weighted by Gasteiger charge is -2.29. The van der Waals surface area contributed by atoms with E-state index in [0.29, 0.717) is 0 Å².